The van der Waals surface area contributed by atoms with Gasteiger partial charge in [0.25, 0.3) is 0 Å². The van der Waals surface area contributed by atoms with Crippen LogP contribution in [0.25, 0.3) is 0 Å². The zero-order chi connectivity index (χ0) is 11.5. The van der Waals surface area contributed by atoms with Crippen molar-refractivity contribution >= 4 is 35.0 Å². The fraction of sp³-hybridized carbons (Fsp3) is 0.545. The molecule has 0 radical (unpaired) electrons. The maximum absolute atomic E-state index is 6.13. The molecule has 1 fully saturated rings. The fourth-order valence-corrected chi connectivity index (χ4v) is 3.34. The van der Waals surface area contributed by atoms with Crippen molar-refractivity contribution in [2.45, 2.75) is 18.7 Å². The summed E-state index contributed by atoms with van der Waals surface area (Å²) in [5.74, 6) is 1.19. The van der Waals surface area contributed by atoms with E-state index in [1.54, 1.807) is 12.3 Å². The molecule has 1 unspecified atom stereocenters. The second-order valence-corrected chi connectivity index (χ2v) is 6.36. The van der Waals surface area contributed by atoms with Crippen molar-refractivity contribution in [3.8, 4) is 0 Å². The van der Waals surface area contributed by atoms with Crippen LogP contribution in [0.2, 0.25) is 10.2 Å². The summed E-state index contributed by atoms with van der Waals surface area (Å²) < 4.78 is 0. The summed E-state index contributed by atoms with van der Waals surface area (Å²) in [6, 6.07) is 1.71. The van der Waals surface area contributed by atoms with E-state index in [-0.39, 0.29) is 0 Å². The number of rotatable bonds is 2. The molecule has 0 amide bonds. The highest BCUT2D eigenvalue weighted by Gasteiger charge is 2.17. The molecule has 88 valence electrons. The molecule has 1 aliphatic heterocycles. The predicted molar refractivity (Wildman–Crippen MR) is 71.5 cm³/mol. The molecule has 5 heteroatoms. The zero-order valence-electron chi connectivity index (χ0n) is 9.12. The third kappa shape index (κ3) is 3.27. The molecule has 16 heavy (non-hydrogen) atoms. The number of halogens is 2. The van der Waals surface area contributed by atoms with Gasteiger partial charge in [0.15, 0.2) is 0 Å². The molecule has 0 aliphatic carbocycles. The molecule has 0 aromatic carbocycles. The topological polar surface area (TPSA) is 16.1 Å². The van der Waals surface area contributed by atoms with E-state index in [0.717, 1.165) is 25.2 Å². The van der Waals surface area contributed by atoms with E-state index in [4.69, 9.17) is 23.2 Å². The van der Waals surface area contributed by atoms with E-state index in [1.165, 1.54) is 5.75 Å². The van der Waals surface area contributed by atoms with Gasteiger partial charge < -0.3 is 0 Å². The molecule has 2 rings (SSSR count). The van der Waals surface area contributed by atoms with Crippen LogP contribution in [0.1, 0.15) is 12.5 Å². The number of hydrogen-bond acceptors (Lipinski definition) is 3. The van der Waals surface area contributed by atoms with Crippen LogP contribution in [-0.2, 0) is 6.54 Å². The molecule has 2 heterocycles. The summed E-state index contributed by atoms with van der Waals surface area (Å²) in [5.41, 5.74) is 1.06. The van der Waals surface area contributed by atoms with Gasteiger partial charge in [-0.05, 0) is 6.07 Å². The summed E-state index contributed by atoms with van der Waals surface area (Å²) in [4.78, 5) is 6.49. The van der Waals surface area contributed by atoms with Gasteiger partial charge in [0.1, 0.15) is 5.15 Å². The Morgan fingerprint density at radius 2 is 2.38 bits per heavy atom. The summed E-state index contributed by atoms with van der Waals surface area (Å²) in [7, 11) is 0. The Bertz CT molecular complexity index is 373. The van der Waals surface area contributed by atoms with Gasteiger partial charge in [-0.3, -0.25) is 4.90 Å². The number of aromatic nitrogens is 1. The zero-order valence-corrected chi connectivity index (χ0v) is 11.4. The monoisotopic (exact) mass is 276 g/mol. The van der Waals surface area contributed by atoms with E-state index in [9.17, 15) is 0 Å². The fourth-order valence-electron chi connectivity index (χ4n) is 1.83. The Morgan fingerprint density at radius 3 is 3.06 bits per heavy atom. The average Bonchev–Trinajstić information content (AvgIpc) is 2.22. The van der Waals surface area contributed by atoms with Crippen LogP contribution < -0.4 is 0 Å². The maximum Gasteiger partial charge on any atom is 0.130 e. The van der Waals surface area contributed by atoms with Crippen LogP contribution in [0.5, 0.6) is 0 Å². The smallest absolute Gasteiger partial charge is 0.130 e. The van der Waals surface area contributed by atoms with Gasteiger partial charge in [0, 0.05) is 47.4 Å². The summed E-state index contributed by atoms with van der Waals surface area (Å²) in [5, 5.41) is 1.87. The normalized spacial score (nSPS) is 22.3. The van der Waals surface area contributed by atoms with Gasteiger partial charge >= 0.3 is 0 Å². The lowest BCUT2D eigenvalue weighted by Crippen LogP contribution is -2.36. The SMILES string of the molecule is CC1CN(Cc2cnc(Cl)cc2Cl)CCS1. The number of pyridine rings is 1. The van der Waals surface area contributed by atoms with Gasteiger partial charge in [-0.2, -0.15) is 11.8 Å². The summed E-state index contributed by atoms with van der Waals surface area (Å²) in [6.45, 7) is 5.37. The second-order valence-electron chi connectivity index (χ2n) is 4.01. The minimum Gasteiger partial charge on any atom is -0.297 e. The van der Waals surface area contributed by atoms with Crippen LogP contribution in [0, 0.1) is 0 Å². The third-order valence-electron chi connectivity index (χ3n) is 2.62. The largest absolute Gasteiger partial charge is 0.297 e. The molecule has 1 aromatic heterocycles. The van der Waals surface area contributed by atoms with Crippen molar-refractivity contribution in [1.82, 2.24) is 9.88 Å². The van der Waals surface area contributed by atoms with Crippen LogP contribution in [0.4, 0.5) is 0 Å². The van der Waals surface area contributed by atoms with E-state index in [2.05, 4.69) is 16.8 Å². The summed E-state index contributed by atoms with van der Waals surface area (Å²) in [6.07, 6.45) is 1.77. The molecule has 1 aliphatic rings. The maximum atomic E-state index is 6.13. The molecular formula is C11H14Cl2N2S. The highest BCUT2D eigenvalue weighted by molar-refractivity contribution is 7.99. The first-order chi connectivity index (χ1) is 7.65. The van der Waals surface area contributed by atoms with Crippen molar-refractivity contribution in [3.63, 3.8) is 0 Å². The van der Waals surface area contributed by atoms with Gasteiger partial charge in [-0.25, -0.2) is 4.98 Å². The number of thioether (sulfide) groups is 1. The average molecular weight is 277 g/mol. The van der Waals surface area contributed by atoms with Gasteiger partial charge in [-0.1, -0.05) is 30.1 Å². The second kappa shape index (κ2) is 5.58. The van der Waals surface area contributed by atoms with E-state index in [1.807, 2.05) is 11.8 Å². The van der Waals surface area contributed by atoms with Crippen molar-refractivity contribution in [3.05, 3.63) is 28.0 Å². The Morgan fingerprint density at radius 1 is 1.56 bits per heavy atom. The molecular weight excluding hydrogens is 263 g/mol. The molecule has 1 atom stereocenters. The lowest BCUT2D eigenvalue weighted by Gasteiger charge is -2.30. The number of nitrogens with zero attached hydrogens (tertiary/aromatic N) is 2. The van der Waals surface area contributed by atoms with Crippen molar-refractivity contribution in [1.29, 1.82) is 0 Å². The molecule has 0 spiro atoms. The van der Waals surface area contributed by atoms with E-state index >= 15 is 0 Å². The molecule has 0 N–H and O–H groups in total. The first kappa shape index (κ1) is 12.5. The number of hydrogen-bond donors (Lipinski definition) is 0. The predicted octanol–water partition coefficient (Wildman–Crippen LogP) is 3.33. The lowest BCUT2D eigenvalue weighted by atomic mass is 10.2. The van der Waals surface area contributed by atoms with Crippen molar-refractivity contribution < 1.29 is 0 Å². The van der Waals surface area contributed by atoms with Crippen molar-refractivity contribution in [2.75, 3.05) is 18.8 Å². The quantitative estimate of drug-likeness (QED) is 0.771. The first-order valence-corrected chi connectivity index (χ1v) is 7.09. The molecule has 0 saturated carbocycles. The Hall–Kier alpha value is 0.0400. The molecule has 0 bridgehead atoms. The van der Waals surface area contributed by atoms with Crippen LogP contribution in [0.15, 0.2) is 12.3 Å². The summed E-state index contributed by atoms with van der Waals surface area (Å²) >= 11 is 13.9. The lowest BCUT2D eigenvalue weighted by molar-refractivity contribution is 0.278. The first-order valence-electron chi connectivity index (χ1n) is 5.29. The Balaban J connectivity index is 2.02. The van der Waals surface area contributed by atoms with Gasteiger partial charge in [0.2, 0.25) is 0 Å². The molecule has 1 aromatic rings. The third-order valence-corrected chi connectivity index (χ3v) is 4.31. The van der Waals surface area contributed by atoms with Crippen molar-refractivity contribution in [2.24, 2.45) is 0 Å². The minimum atomic E-state index is 0.455. The standard InChI is InChI=1S/C11H14Cl2N2S/c1-8-6-15(2-3-16-8)7-9-5-14-11(13)4-10(9)12/h4-5,8H,2-3,6-7H2,1H3. The van der Waals surface area contributed by atoms with Gasteiger partial charge in [0.05, 0.1) is 0 Å². The highest BCUT2D eigenvalue weighted by Crippen LogP contribution is 2.23. The molecule has 1 saturated heterocycles. The highest BCUT2D eigenvalue weighted by atomic mass is 35.5. The Kier molecular flexibility index (Phi) is 4.36. The Labute approximate surface area is 110 Å². The molecule has 2 nitrogen and oxygen atoms in total. The van der Waals surface area contributed by atoms with E-state index < -0.39 is 0 Å². The van der Waals surface area contributed by atoms with Crippen LogP contribution >= 0.6 is 35.0 Å². The van der Waals surface area contributed by atoms with Crippen LogP contribution in [-0.4, -0.2) is 34.0 Å². The van der Waals surface area contributed by atoms with Crippen LogP contribution in [0.3, 0.4) is 0 Å². The van der Waals surface area contributed by atoms with E-state index in [0.29, 0.717) is 15.4 Å². The van der Waals surface area contributed by atoms with Gasteiger partial charge in [-0.15, -0.1) is 0 Å². The minimum absolute atomic E-state index is 0.455.